The summed E-state index contributed by atoms with van der Waals surface area (Å²) in [6.45, 7) is 7.70. The maximum atomic E-state index is 12.5. The minimum atomic E-state index is -0.165. The van der Waals surface area contributed by atoms with Crippen LogP contribution in [0.1, 0.15) is 30.9 Å². The smallest absolute Gasteiger partial charge is 0.260 e. The van der Waals surface area contributed by atoms with Gasteiger partial charge in [-0.2, -0.15) is 0 Å². The van der Waals surface area contributed by atoms with Gasteiger partial charge in [-0.3, -0.25) is 9.59 Å². The summed E-state index contributed by atoms with van der Waals surface area (Å²) in [7, 11) is 0. The molecule has 2 amide bonds. The lowest BCUT2D eigenvalue weighted by Crippen LogP contribution is -2.48. The van der Waals surface area contributed by atoms with E-state index in [-0.39, 0.29) is 31.1 Å². The van der Waals surface area contributed by atoms with Crippen LogP contribution >= 0.6 is 0 Å². The van der Waals surface area contributed by atoms with Gasteiger partial charge in [-0.05, 0) is 69.5 Å². The predicted octanol–water partition coefficient (Wildman–Crippen LogP) is 3.27. The van der Waals surface area contributed by atoms with Crippen LogP contribution in [0, 0.1) is 13.8 Å². The number of aryl methyl sites for hydroxylation is 2. The van der Waals surface area contributed by atoms with Crippen molar-refractivity contribution in [2.24, 2.45) is 0 Å². The second kappa shape index (κ2) is 11.4. The van der Waals surface area contributed by atoms with Gasteiger partial charge < -0.3 is 24.4 Å². The summed E-state index contributed by atoms with van der Waals surface area (Å²) in [5.74, 6) is 1.92. The number of likely N-dealkylation sites (tertiary alicyclic amines) is 1. The number of carbonyl (C=O) groups excluding carboxylic acids is 2. The first kappa shape index (κ1) is 23.4. The molecule has 0 radical (unpaired) electrons. The normalized spacial score (nSPS) is 14.0. The average Bonchev–Trinajstić information content (AvgIpc) is 2.78. The second-order valence-corrected chi connectivity index (χ2v) is 7.97. The topological polar surface area (TPSA) is 77.1 Å². The number of carbonyl (C=O) groups is 2. The molecule has 172 valence electrons. The molecule has 0 aromatic heterocycles. The van der Waals surface area contributed by atoms with E-state index < -0.39 is 0 Å². The standard InChI is InChI=1S/C25H32N2O5/c1-4-30-21-6-8-22(9-7-21)31-16-24(28)26-20-11-13-27(14-12-20)25(29)17-32-23-10-5-18(2)15-19(23)3/h5-10,15,20H,4,11-14,16-17H2,1-3H3,(H,26,28). The van der Waals surface area contributed by atoms with E-state index in [1.807, 2.05) is 51.1 Å². The van der Waals surface area contributed by atoms with Crippen molar-refractivity contribution in [1.29, 1.82) is 0 Å². The maximum absolute atomic E-state index is 12.5. The first-order valence-corrected chi connectivity index (χ1v) is 11.1. The van der Waals surface area contributed by atoms with Gasteiger partial charge in [-0.15, -0.1) is 0 Å². The van der Waals surface area contributed by atoms with Crippen molar-refractivity contribution >= 4 is 11.8 Å². The second-order valence-electron chi connectivity index (χ2n) is 7.97. The van der Waals surface area contributed by atoms with Gasteiger partial charge in [0.2, 0.25) is 0 Å². The number of amides is 2. The number of rotatable bonds is 9. The highest BCUT2D eigenvalue weighted by Gasteiger charge is 2.24. The molecule has 32 heavy (non-hydrogen) atoms. The van der Waals surface area contributed by atoms with Gasteiger partial charge in [-0.25, -0.2) is 0 Å². The van der Waals surface area contributed by atoms with Crippen LogP contribution in [0.15, 0.2) is 42.5 Å². The van der Waals surface area contributed by atoms with Gasteiger partial charge in [0.1, 0.15) is 17.2 Å². The fourth-order valence-electron chi connectivity index (χ4n) is 3.68. The number of benzene rings is 2. The van der Waals surface area contributed by atoms with Gasteiger partial charge >= 0.3 is 0 Å². The molecule has 0 unspecified atom stereocenters. The molecular formula is C25H32N2O5. The van der Waals surface area contributed by atoms with E-state index in [1.165, 1.54) is 0 Å². The van der Waals surface area contributed by atoms with E-state index >= 15 is 0 Å². The average molecular weight is 441 g/mol. The fraction of sp³-hybridized carbons (Fsp3) is 0.440. The Kier molecular flexibility index (Phi) is 8.36. The third kappa shape index (κ3) is 6.90. The van der Waals surface area contributed by atoms with Crippen molar-refractivity contribution in [3.8, 4) is 17.2 Å². The highest BCUT2D eigenvalue weighted by atomic mass is 16.5. The van der Waals surface area contributed by atoms with Crippen LogP contribution in [-0.2, 0) is 9.59 Å². The number of nitrogens with zero attached hydrogens (tertiary/aromatic N) is 1. The molecular weight excluding hydrogens is 408 g/mol. The lowest BCUT2D eigenvalue weighted by molar-refractivity contribution is -0.134. The molecule has 0 spiro atoms. The summed E-state index contributed by atoms with van der Waals surface area (Å²) in [4.78, 5) is 26.5. The van der Waals surface area contributed by atoms with Crippen LogP contribution in [0.5, 0.6) is 17.2 Å². The van der Waals surface area contributed by atoms with Crippen LogP contribution in [0.4, 0.5) is 0 Å². The summed E-state index contributed by atoms with van der Waals surface area (Å²) in [5.41, 5.74) is 2.18. The molecule has 3 rings (SSSR count). The Hall–Kier alpha value is -3.22. The summed E-state index contributed by atoms with van der Waals surface area (Å²) in [6.07, 6.45) is 1.42. The van der Waals surface area contributed by atoms with Crippen LogP contribution in [0.2, 0.25) is 0 Å². The summed E-state index contributed by atoms with van der Waals surface area (Å²) in [5, 5.41) is 2.99. The van der Waals surface area contributed by atoms with Gasteiger partial charge in [0.25, 0.3) is 11.8 Å². The zero-order chi connectivity index (χ0) is 22.9. The molecule has 0 bridgehead atoms. The molecule has 0 saturated carbocycles. The van der Waals surface area contributed by atoms with Crippen molar-refractivity contribution < 1.29 is 23.8 Å². The van der Waals surface area contributed by atoms with Gasteiger partial charge in [0.05, 0.1) is 6.61 Å². The Morgan fingerprint density at radius 2 is 1.59 bits per heavy atom. The molecule has 1 aliphatic rings. The fourth-order valence-corrected chi connectivity index (χ4v) is 3.68. The predicted molar refractivity (Wildman–Crippen MR) is 122 cm³/mol. The first-order chi connectivity index (χ1) is 15.4. The Labute approximate surface area is 189 Å². The zero-order valence-electron chi connectivity index (χ0n) is 19.1. The van der Waals surface area contributed by atoms with Crippen LogP contribution in [-0.4, -0.2) is 55.7 Å². The number of hydrogen-bond acceptors (Lipinski definition) is 5. The Morgan fingerprint density at radius 1 is 0.938 bits per heavy atom. The first-order valence-electron chi connectivity index (χ1n) is 11.1. The lowest BCUT2D eigenvalue weighted by atomic mass is 10.1. The van der Waals surface area contributed by atoms with Crippen LogP contribution in [0.3, 0.4) is 0 Å². The van der Waals surface area contributed by atoms with Crippen molar-refractivity contribution in [3.05, 3.63) is 53.6 Å². The third-order valence-electron chi connectivity index (χ3n) is 5.40. The van der Waals surface area contributed by atoms with Gasteiger partial charge in [-0.1, -0.05) is 17.7 Å². The van der Waals surface area contributed by atoms with Crippen molar-refractivity contribution in [3.63, 3.8) is 0 Å². The molecule has 1 N–H and O–H groups in total. The largest absolute Gasteiger partial charge is 0.494 e. The van der Waals surface area contributed by atoms with E-state index in [0.29, 0.717) is 38.3 Å². The molecule has 7 heteroatoms. The number of ether oxygens (including phenoxy) is 3. The quantitative estimate of drug-likeness (QED) is 0.648. The minimum absolute atomic E-state index is 0.0247. The SMILES string of the molecule is CCOc1ccc(OCC(=O)NC2CCN(C(=O)COc3ccc(C)cc3C)CC2)cc1. The Balaban J connectivity index is 1.35. The highest BCUT2D eigenvalue weighted by Crippen LogP contribution is 2.20. The summed E-state index contributed by atoms with van der Waals surface area (Å²) in [6, 6.07) is 13.1. The number of hydrogen-bond donors (Lipinski definition) is 1. The molecule has 0 atom stereocenters. The lowest BCUT2D eigenvalue weighted by Gasteiger charge is -2.32. The molecule has 2 aromatic rings. The van der Waals surface area contributed by atoms with Crippen LogP contribution < -0.4 is 19.5 Å². The highest BCUT2D eigenvalue weighted by molar-refractivity contribution is 5.79. The molecule has 7 nitrogen and oxygen atoms in total. The van der Waals surface area contributed by atoms with Crippen LogP contribution in [0.25, 0.3) is 0 Å². The molecule has 1 fully saturated rings. The summed E-state index contributed by atoms with van der Waals surface area (Å²) < 4.78 is 16.6. The number of nitrogens with one attached hydrogen (secondary N) is 1. The van der Waals surface area contributed by atoms with Crippen molar-refractivity contribution in [2.45, 2.75) is 39.7 Å². The number of piperidine rings is 1. The zero-order valence-corrected chi connectivity index (χ0v) is 19.1. The van der Waals surface area contributed by atoms with Gasteiger partial charge in [0, 0.05) is 19.1 Å². The molecule has 1 saturated heterocycles. The maximum Gasteiger partial charge on any atom is 0.260 e. The van der Waals surface area contributed by atoms with E-state index in [2.05, 4.69) is 5.32 Å². The summed E-state index contributed by atoms with van der Waals surface area (Å²) >= 11 is 0. The molecule has 2 aromatic carbocycles. The molecule has 1 aliphatic heterocycles. The minimum Gasteiger partial charge on any atom is -0.494 e. The van der Waals surface area contributed by atoms with Crippen molar-refractivity contribution in [2.75, 3.05) is 32.9 Å². The molecule has 1 heterocycles. The monoisotopic (exact) mass is 440 g/mol. The molecule has 0 aliphatic carbocycles. The van der Waals surface area contributed by atoms with Crippen molar-refractivity contribution in [1.82, 2.24) is 10.2 Å². The third-order valence-corrected chi connectivity index (χ3v) is 5.40. The van der Waals surface area contributed by atoms with E-state index in [0.717, 1.165) is 22.6 Å². The Morgan fingerprint density at radius 3 is 2.22 bits per heavy atom. The van der Waals surface area contributed by atoms with E-state index in [4.69, 9.17) is 14.2 Å². The van der Waals surface area contributed by atoms with E-state index in [9.17, 15) is 9.59 Å². The van der Waals surface area contributed by atoms with E-state index in [1.54, 1.807) is 17.0 Å². The Bertz CT molecular complexity index is 905. The van der Waals surface area contributed by atoms with Gasteiger partial charge in [0.15, 0.2) is 13.2 Å².